The summed E-state index contributed by atoms with van der Waals surface area (Å²) in [6.07, 6.45) is 3.14. The molecule has 0 unspecified atom stereocenters. The zero-order chi connectivity index (χ0) is 14.5. The highest BCUT2D eigenvalue weighted by Gasteiger charge is 2.17. The van der Waals surface area contributed by atoms with E-state index in [1.165, 1.54) is 6.20 Å². The highest BCUT2D eigenvalue weighted by Crippen LogP contribution is 2.08. The molecule has 0 radical (unpaired) electrons. The molecule has 0 aliphatic rings. The molecule has 0 aliphatic heterocycles. The summed E-state index contributed by atoms with van der Waals surface area (Å²) in [5.74, 6) is -0.434. The number of rotatable bonds is 5. The van der Waals surface area contributed by atoms with Crippen molar-refractivity contribution in [3.8, 4) is 0 Å². The minimum atomic E-state index is -0.538. The van der Waals surface area contributed by atoms with Crippen molar-refractivity contribution in [2.45, 2.75) is 39.5 Å². The van der Waals surface area contributed by atoms with E-state index in [2.05, 4.69) is 4.98 Å². The minimum absolute atomic E-state index is 0.0206. The Morgan fingerprint density at radius 2 is 2.05 bits per heavy atom. The lowest BCUT2D eigenvalue weighted by molar-refractivity contribution is -0.155. The monoisotopic (exact) mass is 269 g/mol. The Bertz CT molecular complexity index is 448. The summed E-state index contributed by atoms with van der Waals surface area (Å²) in [6, 6.07) is 0. The normalized spacial score (nSPS) is 11.2. The first-order valence-corrected chi connectivity index (χ1v) is 5.89. The van der Waals surface area contributed by atoms with Gasteiger partial charge in [0.15, 0.2) is 0 Å². The van der Waals surface area contributed by atoms with Gasteiger partial charge in [-0.2, -0.15) is 0 Å². The third-order valence-electron chi connectivity index (χ3n) is 2.05. The minimum Gasteiger partial charge on any atom is -0.459 e. The predicted octanol–water partition coefficient (Wildman–Crippen LogP) is 0.227. The van der Waals surface area contributed by atoms with Crippen LogP contribution in [0.3, 0.4) is 0 Å². The van der Waals surface area contributed by atoms with Crippen LogP contribution in [0.5, 0.6) is 0 Å². The Morgan fingerprint density at radius 1 is 1.37 bits per heavy atom. The molecule has 106 valence electrons. The number of carbonyl (C=O) groups is 2. The molecule has 1 heterocycles. The molecule has 0 aliphatic carbocycles. The molecular formula is C12H19N3O4. The number of esters is 2. The summed E-state index contributed by atoms with van der Waals surface area (Å²) in [7, 11) is 0. The first-order valence-electron chi connectivity index (χ1n) is 5.89. The van der Waals surface area contributed by atoms with Crippen LogP contribution >= 0.6 is 0 Å². The fraction of sp³-hybridized carbons (Fsp3) is 0.583. The first kappa shape index (κ1) is 15.2. The molecule has 7 nitrogen and oxygen atoms in total. The average molecular weight is 269 g/mol. The second-order valence-electron chi connectivity index (χ2n) is 4.92. The smallest absolute Gasteiger partial charge is 0.326 e. The summed E-state index contributed by atoms with van der Waals surface area (Å²) < 4.78 is 11.6. The van der Waals surface area contributed by atoms with Crippen molar-refractivity contribution in [1.29, 1.82) is 0 Å². The van der Waals surface area contributed by atoms with E-state index >= 15 is 0 Å². The fourth-order valence-corrected chi connectivity index (χ4v) is 1.34. The van der Waals surface area contributed by atoms with Crippen molar-refractivity contribution in [3.63, 3.8) is 0 Å². The zero-order valence-electron chi connectivity index (χ0n) is 11.4. The number of imidazole rings is 1. The quantitative estimate of drug-likeness (QED) is 0.768. The van der Waals surface area contributed by atoms with Crippen LogP contribution in [0.1, 0.15) is 26.6 Å². The van der Waals surface area contributed by atoms with Crippen LogP contribution in [0.4, 0.5) is 0 Å². The molecule has 0 bridgehead atoms. The van der Waals surface area contributed by atoms with Gasteiger partial charge in [0, 0.05) is 12.4 Å². The summed E-state index contributed by atoms with van der Waals surface area (Å²) in [6.45, 7) is 5.19. The van der Waals surface area contributed by atoms with Crippen LogP contribution in [0, 0.1) is 0 Å². The van der Waals surface area contributed by atoms with Crippen LogP contribution in [0.25, 0.3) is 0 Å². The Hall–Kier alpha value is -1.89. The summed E-state index contributed by atoms with van der Waals surface area (Å²) in [4.78, 5) is 26.6. The fourth-order valence-electron chi connectivity index (χ4n) is 1.34. The predicted molar refractivity (Wildman–Crippen MR) is 66.9 cm³/mol. The number of aromatic nitrogens is 2. The second-order valence-corrected chi connectivity index (χ2v) is 4.92. The van der Waals surface area contributed by atoms with Gasteiger partial charge in [-0.3, -0.25) is 9.59 Å². The van der Waals surface area contributed by atoms with Crippen LogP contribution in [0.15, 0.2) is 12.4 Å². The molecule has 0 saturated heterocycles. The van der Waals surface area contributed by atoms with Crippen LogP contribution in [-0.2, 0) is 32.2 Å². The maximum Gasteiger partial charge on any atom is 0.326 e. The third-order valence-corrected chi connectivity index (χ3v) is 2.05. The highest BCUT2D eigenvalue weighted by atomic mass is 16.6. The molecule has 0 atom stereocenters. The lowest BCUT2D eigenvalue weighted by atomic mass is 10.2. The standard InChI is InChI=1S/C12H19N3O4/c1-12(2,3)19-11(17)7-15-5-4-14-9(15)8-18-10(16)6-13/h4-5H,6-8,13H2,1-3H3. The van der Waals surface area contributed by atoms with Gasteiger partial charge in [-0.15, -0.1) is 0 Å². The Kier molecular flexibility index (Phi) is 5.05. The van der Waals surface area contributed by atoms with Gasteiger partial charge in [0.1, 0.15) is 24.6 Å². The van der Waals surface area contributed by atoms with Crippen molar-refractivity contribution >= 4 is 11.9 Å². The van der Waals surface area contributed by atoms with E-state index in [9.17, 15) is 9.59 Å². The van der Waals surface area contributed by atoms with Crippen molar-refractivity contribution in [2.24, 2.45) is 5.73 Å². The maximum absolute atomic E-state index is 11.7. The number of nitrogens with zero attached hydrogens (tertiary/aromatic N) is 2. The van der Waals surface area contributed by atoms with Gasteiger partial charge >= 0.3 is 11.9 Å². The molecule has 0 aromatic carbocycles. The Morgan fingerprint density at radius 3 is 2.63 bits per heavy atom. The number of carbonyl (C=O) groups excluding carboxylic acids is 2. The van der Waals surface area contributed by atoms with Gasteiger partial charge in [0.05, 0.1) is 6.54 Å². The van der Waals surface area contributed by atoms with E-state index in [1.807, 2.05) is 0 Å². The number of hydrogen-bond donors (Lipinski definition) is 1. The van der Waals surface area contributed by atoms with E-state index in [0.717, 1.165) is 0 Å². The van der Waals surface area contributed by atoms with Crippen LogP contribution < -0.4 is 5.73 Å². The molecule has 0 spiro atoms. The van der Waals surface area contributed by atoms with Crippen molar-refractivity contribution in [2.75, 3.05) is 6.54 Å². The molecular weight excluding hydrogens is 250 g/mol. The van der Waals surface area contributed by atoms with E-state index in [1.54, 1.807) is 31.5 Å². The topological polar surface area (TPSA) is 96.4 Å². The molecule has 1 aromatic rings. The highest BCUT2D eigenvalue weighted by molar-refractivity contribution is 5.71. The lowest BCUT2D eigenvalue weighted by Gasteiger charge is -2.19. The largest absolute Gasteiger partial charge is 0.459 e. The van der Waals surface area contributed by atoms with E-state index in [-0.39, 0.29) is 25.7 Å². The Balaban J connectivity index is 2.57. The van der Waals surface area contributed by atoms with Gasteiger partial charge in [0.25, 0.3) is 0 Å². The van der Waals surface area contributed by atoms with E-state index < -0.39 is 11.6 Å². The summed E-state index contributed by atoms with van der Waals surface area (Å²) in [5.41, 5.74) is 4.59. The van der Waals surface area contributed by atoms with Crippen molar-refractivity contribution < 1.29 is 19.1 Å². The van der Waals surface area contributed by atoms with Gasteiger partial charge in [-0.25, -0.2) is 4.98 Å². The molecule has 0 amide bonds. The van der Waals surface area contributed by atoms with Crippen molar-refractivity contribution in [1.82, 2.24) is 9.55 Å². The van der Waals surface area contributed by atoms with Gasteiger partial charge < -0.3 is 19.8 Å². The maximum atomic E-state index is 11.7. The van der Waals surface area contributed by atoms with E-state index in [4.69, 9.17) is 15.2 Å². The van der Waals surface area contributed by atoms with Crippen LogP contribution in [-0.4, -0.2) is 33.6 Å². The summed E-state index contributed by atoms with van der Waals surface area (Å²) >= 11 is 0. The molecule has 7 heteroatoms. The van der Waals surface area contributed by atoms with Gasteiger partial charge in [-0.05, 0) is 20.8 Å². The third kappa shape index (κ3) is 5.52. The molecule has 1 rings (SSSR count). The zero-order valence-corrected chi connectivity index (χ0v) is 11.4. The lowest BCUT2D eigenvalue weighted by Crippen LogP contribution is -2.27. The molecule has 0 fully saturated rings. The van der Waals surface area contributed by atoms with Gasteiger partial charge in [-0.1, -0.05) is 0 Å². The molecule has 1 aromatic heterocycles. The SMILES string of the molecule is CC(C)(C)OC(=O)Cn1ccnc1COC(=O)CN. The molecule has 19 heavy (non-hydrogen) atoms. The Labute approximate surface area is 111 Å². The summed E-state index contributed by atoms with van der Waals surface area (Å²) in [5, 5.41) is 0. The van der Waals surface area contributed by atoms with Crippen molar-refractivity contribution in [3.05, 3.63) is 18.2 Å². The van der Waals surface area contributed by atoms with E-state index in [0.29, 0.717) is 5.82 Å². The average Bonchev–Trinajstić information content (AvgIpc) is 2.70. The first-order chi connectivity index (χ1) is 8.81. The molecule has 0 saturated carbocycles. The number of nitrogens with two attached hydrogens (primary N) is 1. The number of hydrogen-bond acceptors (Lipinski definition) is 6. The molecule has 2 N–H and O–H groups in total. The number of ether oxygens (including phenoxy) is 2. The van der Waals surface area contributed by atoms with Crippen LogP contribution in [0.2, 0.25) is 0 Å². The second kappa shape index (κ2) is 6.33. The van der Waals surface area contributed by atoms with Gasteiger partial charge in [0.2, 0.25) is 0 Å².